The molecule has 2 heterocycles. The van der Waals surface area contributed by atoms with E-state index in [4.69, 9.17) is 9.52 Å². The molecule has 1 aromatic carbocycles. The molecular weight excluding hydrogens is 332 g/mol. The third kappa shape index (κ3) is 3.75. The summed E-state index contributed by atoms with van der Waals surface area (Å²) in [5.41, 5.74) is 3.06. The molecule has 6 heteroatoms. The largest absolute Gasteiger partial charge is 0.480 e. The Morgan fingerprint density at radius 3 is 2.46 bits per heavy atom. The molecule has 1 saturated heterocycles. The number of likely N-dealkylation sites (N-methyl/N-ethyl adjacent to an activating group) is 1. The number of piperidine rings is 1. The summed E-state index contributed by atoms with van der Waals surface area (Å²) in [7, 11) is 0. The molecule has 6 nitrogen and oxygen atoms in total. The minimum absolute atomic E-state index is 0.0530. The van der Waals surface area contributed by atoms with Gasteiger partial charge in [-0.25, -0.2) is 0 Å². The number of carboxylic acid groups (broad SMARTS) is 1. The van der Waals surface area contributed by atoms with E-state index >= 15 is 0 Å². The Bertz CT molecular complexity index is 780. The first-order valence-corrected chi connectivity index (χ1v) is 9.15. The molecular formula is C20H26N2O4. The molecule has 0 saturated carbocycles. The van der Waals surface area contributed by atoms with Crippen molar-refractivity contribution in [2.75, 3.05) is 26.2 Å². The van der Waals surface area contributed by atoms with E-state index in [-0.39, 0.29) is 18.5 Å². The molecule has 0 radical (unpaired) electrons. The van der Waals surface area contributed by atoms with E-state index in [1.807, 2.05) is 48.8 Å². The first-order valence-electron chi connectivity index (χ1n) is 9.15. The maximum atomic E-state index is 12.8. The zero-order chi connectivity index (χ0) is 18.8. The minimum Gasteiger partial charge on any atom is -0.480 e. The number of amides is 1. The normalized spacial score (nSPS) is 15.8. The van der Waals surface area contributed by atoms with Gasteiger partial charge >= 0.3 is 5.97 Å². The van der Waals surface area contributed by atoms with E-state index < -0.39 is 5.97 Å². The molecule has 1 N–H and O–H groups in total. The van der Waals surface area contributed by atoms with E-state index in [2.05, 4.69) is 0 Å². The van der Waals surface area contributed by atoms with E-state index in [1.165, 1.54) is 5.56 Å². The highest BCUT2D eigenvalue weighted by Crippen LogP contribution is 2.25. The fourth-order valence-electron chi connectivity index (χ4n) is 3.67. The molecule has 0 bridgehead atoms. The first-order chi connectivity index (χ1) is 12.4. The van der Waals surface area contributed by atoms with Crippen LogP contribution in [0.25, 0.3) is 11.0 Å². The molecule has 1 amide bonds. The summed E-state index contributed by atoms with van der Waals surface area (Å²) < 4.78 is 5.79. The second-order valence-corrected chi connectivity index (χ2v) is 7.07. The number of rotatable bonds is 5. The molecule has 2 aromatic rings. The number of fused-ring (bicyclic) bond motifs is 1. The molecule has 1 aliphatic heterocycles. The summed E-state index contributed by atoms with van der Waals surface area (Å²) in [6, 6.07) is 6.04. The summed E-state index contributed by atoms with van der Waals surface area (Å²) in [5.74, 6) is -0.518. The Balaban J connectivity index is 1.67. The van der Waals surface area contributed by atoms with E-state index in [0.29, 0.717) is 25.4 Å². The highest BCUT2D eigenvalue weighted by Gasteiger charge is 2.29. The van der Waals surface area contributed by atoms with Crippen molar-refractivity contribution in [1.82, 2.24) is 9.80 Å². The number of likely N-dealkylation sites (tertiary alicyclic amines) is 1. The third-order valence-electron chi connectivity index (χ3n) is 5.36. The smallest absolute Gasteiger partial charge is 0.317 e. The summed E-state index contributed by atoms with van der Waals surface area (Å²) in [4.78, 5) is 27.5. The number of carbonyl (C=O) groups excluding carboxylic acids is 1. The lowest BCUT2D eigenvalue weighted by atomic mass is 10.0. The molecule has 0 unspecified atom stereocenters. The number of hydrogen-bond acceptors (Lipinski definition) is 4. The van der Waals surface area contributed by atoms with Gasteiger partial charge < -0.3 is 14.4 Å². The van der Waals surface area contributed by atoms with Gasteiger partial charge in [-0.3, -0.25) is 14.5 Å². The van der Waals surface area contributed by atoms with E-state index in [9.17, 15) is 9.59 Å². The van der Waals surface area contributed by atoms with Crippen molar-refractivity contribution in [3.05, 3.63) is 35.1 Å². The second-order valence-electron chi connectivity index (χ2n) is 7.07. The van der Waals surface area contributed by atoms with Gasteiger partial charge in [-0.15, -0.1) is 0 Å². The number of furan rings is 1. The van der Waals surface area contributed by atoms with Crippen LogP contribution < -0.4 is 0 Å². The van der Waals surface area contributed by atoms with Gasteiger partial charge in [0.25, 0.3) is 5.91 Å². The SMILES string of the molecule is CCN(CC(=O)O)C1CCN(C(=O)c2cc3cc(C)c(C)cc3o2)CC1. The van der Waals surface area contributed by atoms with Gasteiger partial charge in [-0.1, -0.05) is 6.92 Å². The Morgan fingerprint density at radius 2 is 1.85 bits per heavy atom. The fraction of sp³-hybridized carbons (Fsp3) is 0.500. The lowest BCUT2D eigenvalue weighted by Crippen LogP contribution is -2.48. The van der Waals surface area contributed by atoms with Crippen LogP contribution in [0.3, 0.4) is 0 Å². The predicted molar refractivity (Wildman–Crippen MR) is 99.5 cm³/mol. The standard InChI is InChI=1S/C20H26N2O4/c1-4-21(12-19(23)24)16-5-7-22(8-6-16)20(25)18-11-15-9-13(2)14(3)10-17(15)26-18/h9-11,16H,4-8,12H2,1-3H3,(H,23,24). The zero-order valence-corrected chi connectivity index (χ0v) is 15.6. The monoisotopic (exact) mass is 358 g/mol. The molecule has 1 fully saturated rings. The number of nitrogens with zero attached hydrogens (tertiary/aromatic N) is 2. The van der Waals surface area contributed by atoms with Crippen molar-refractivity contribution < 1.29 is 19.1 Å². The van der Waals surface area contributed by atoms with Crippen LogP contribution in [0.15, 0.2) is 22.6 Å². The maximum Gasteiger partial charge on any atom is 0.317 e. The maximum absolute atomic E-state index is 12.8. The Kier molecular flexibility index (Phi) is 5.32. The number of hydrogen-bond donors (Lipinski definition) is 1. The van der Waals surface area contributed by atoms with Crippen LogP contribution in [0.4, 0.5) is 0 Å². The number of aliphatic carboxylic acids is 1. The van der Waals surface area contributed by atoms with Crippen LogP contribution in [0.1, 0.15) is 41.4 Å². The topological polar surface area (TPSA) is 74.0 Å². The number of carboxylic acids is 1. The van der Waals surface area contributed by atoms with Gasteiger partial charge in [-0.05, 0) is 62.6 Å². The lowest BCUT2D eigenvalue weighted by Gasteiger charge is -2.37. The molecule has 0 aliphatic carbocycles. The summed E-state index contributed by atoms with van der Waals surface area (Å²) >= 11 is 0. The third-order valence-corrected chi connectivity index (χ3v) is 5.36. The highest BCUT2D eigenvalue weighted by molar-refractivity contribution is 5.96. The van der Waals surface area contributed by atoms with Crippen molar-refractivity contribution >= 4 is 22.8 Å². The summed E-state index contributed by atoms with van der Waals surface area (Å²) in [6.07, 6.45) is 1.57. The van der Waals surface area contributed by atoms with Gasteiger partial charge in [0.05, 0.1) is 6.54 Å². The van der Waals surface area contributed by atoms with Crippen LogP contribution >= 0.6 is 0 Å². The summed E-state index contributed by atoms with van der Waals surface area (Å²) in [5, 5.41) is 9.97. The van der Waals surface area contributed by atoms with Crippen molar-refractivity contribution in [1.29, 1.82) is 0 Å². The molecule has 0 spiro atoms. The zero-order valence-electron chi connectivity index (χ0n) is 15.6. The van der Waals surface area contributed by atoms with Crippen LogP contribution in [-0.4, -0.2) is 59.0 Å². The van der Waals surface area contributed by atoms with Crippen LogP contribution in [-0.2, 0) is 4.79 Å². The van der Waals surface area contributed by atoms with Gasteiger partial charge in [-0.2, -0.15) is 0 Å². The minimum atomic E-state index is -0.807. The Labute approximate surface area is 153 Å². The molecule has 140 valence electrons. The lowest BCUT2D eigenvalue weighted by molar-refractivity contribution is -0.139. The molecule has 1 aromatic heterocycles. The number of carbonyl (C=O) groups is 2. The van der Waals surface area contributed by atoms with E-state index in [1.54, 1.807) is 0 Å². The average Bonchev–Trinajstić information content (AvgIpc) is 3.02. The number of aryl methyl sites for hydroxylation is 2. The van der Waals surface area contributed by atoms with Gasteiger partial charge in [0.15, 0.2) is 5.76 Å². The predicted octanol–water partition coefficient (Wildman–Crippen LogP) is 3.06. The van der Waals surface area contributed by atoms with Gasteiger partial charge in [0, 0.05) is 24.5 Å². The second kappa shape index (κ2) is 7.50. The summed E-state index contributed by atoms with van der Waals surface area (Å²) in [6.45, 7) is 8.04. The number of benzene rings is 1. The van der Waals surface area contributed by atoms with Crippen LogP contribution in [0.5, 0.6) is 0 Å². The average molecular weight is 358 g/mol. The Hall–Kier alpha value is -2.34. The van der Waals surface area contributed by atoms with E-state index in [0.717, 1.165) is 29.4 Å². The van der Waals surface area contributed by atoms with Crippen molar-refractivity contribution in [2.45, 2.75) is 39.7 Å². The van der Waals surface area contributed by atoms with Crippen LogP contribution in [0, 0.1) is 13.8 Å². The van der Waals surface area contributed by atoms with Crippen molar-refractivity contribution in [3.63, 3.8) is 0 Å². The highest BCUT2D eigenvalue weighted by atomic mass is 16.4. The molecule has 1 aliphatic rings. The van der Waals surface area contributed by atoms with Crippen molar-refractivity contribution in [2.24, 2.45) is 0 Å². The molecule has 3 rings (SSSR count). The van der Waals surface area contributed by atoms with Gasteiger partial charge in [0.1, 0.15) is 5.58 Å². The van der Waals surface area contributed by atoms with Crippen LogP contribution in [0.2, 0.25) is 0 Å². The quantitative estimate of drug-likeness (QED) is 0.889. The van der Waals surface area contributed by atoms with Gasteiger partial charge in [0.2, 0.25) is 0 Å². The molecule has 0 atom stereocenters. The van der Waals surface area contributed by atoms with Crippen molar-refractivity contribution in [3.8, 4) is 0 Å². The Morgan fingerprint density at radius 1 is 1.19 bits per heavy atom. The molecule has 26 heavy (non-hydrogen) atoms. The first kappa shape index (κ1) is 18.5. The fourth-order valence-corrected chi connectivity index (χ4v) is 3.67.